The summed E-state index contributed by atoms with van der Waals surface area (Å²) in [5, 5.41) is 0. The van der Waals surface area contributed by atoms with Gasteiger partial charge in [-0.25, -0.2) is 0 Å². The summed E-state index contributed by atoms with van der Waals surface area (Å²) in [7, 11) is 4.05. The van der Waals surface area contributed by atoms with Crippen molar-refractivity contribution in [2.75, 3.05) is 20.7 Å². The van der Waals surface area contributed by atoms with Gasteiger partial charge in [-0.2, -0.15) is 0 Å². The van der Waals surface area contributed by atoms with Gasteiger partial charge in [-0.3, -0.25) is 0 Å². The van der Waals surface area contributed by atoms with Gasteiger partial charge in [0.15, 0.2) is 0 Å². The van der Waals surface area contributed by atoms with E-state index in [9.17, 15) is 0 Å². The topological polar surface area (TPSA) is 12.5 Å². The Morgan fingerprint density at radius 3 is 2.44 bits per heavy atom. The maximum absolute atomic E-state index is 5.40. The molecule has 0 atom stereocenters. The number of benzene rings is 1. The quantitative estimate of drug-likeness (QED) is 0.800. The van der Waals surface area contributed by atoms with Gasteiger partial charge >= 0.3 is 105 Å². The van der Waals surface area contributed by atoms with Crippen molar-refractivity contribution in [1.29, 1.82) is 0 Å². The zero-order chi connectivity index (χ0) is 12.0. The average Bonchev–Trinajstić information content (AvgIpc) is 2.27. The second kappa shape index (κ2) is 6.65. The first-order valence-electron chi connectivity index (χ1n) is 5.26. The first kappa shape index (κ1) is 13.2. The van der Waals surface area contributed by atoms with Crippen LogP contribution in [-0.2, 0) is 20.6 Å². The molecule has 16 heavy (non-hydrogen) atoms. The Morgan fingerprint density at radius 1 is 1.31 bits per heavy atom. The standard InChI is InChI=1S/C13H17NO.Cr/c1-4-15-11-10-13(14(2)3)12-8-6-5-7-9-12;/h5-10H,4H2,1-3H3;/b13-10+;. The van der Waals surface area contributed by atoms with Gasteiger partial charge < -0.3 is 0 Å². The van der Waals surface area contributed by atoms with Gasteiger partial charge in [0.05, 0.1) is 0 Å². The monoisotopic (exact) mass is 255 g/mol. The van der Waals surface area contributed by atoms with Crippen LogP contribution in [0.4, 0.5) is 0 Å². The maximum atomic E-state index is 5.40. The molecule has 1 rings (SSSR count). The molecule has 0 aliphatic rings. The van der Waals surface area contributed by atoms with Crippen LogP contribution in [0.2, 0.25) is 0 Å². The molecule has 0 heterocycles. The van der Waals surface area contributed by atoms with Gasteiger partial charge in [-0.1, -0.05) is 0 Å². The summed E-state index contributed by atoms with van der Waals surface area (Å²) < 4.78 is 6.22. The summed E-state index contributed by atoms with van der Waals surface area (Å²) in [5.41, 5.74) is 2.31. The number of rotatable bonds is 5. The number of hydrogen-bond donors (Lipinski definition) is 0. The predicted octanol–water partition coefficient (Wildman–Crippen LogP) is 2.30. The molecule has 0 saturated carbocycles. The SMILES string of the molecule is CCO[C](=[Cr])/C=C(\c1ccccc1)N(C)C. The molecule has 0 unspecified atom stereocenters. The molecule has 0 fully saturated rings. The van der Waals surface area contributed by atoms with Crippen molar-refractivity contribution in [2.24, 2.45) is 0 Å². The molecule has 0 radical (unpaired) electrons. The zero-order valence-electron chi connectivity index (χ0n) is 9.93. The Balaban J connectivity index is 2.96. The third-order valence-corrected chi connectivity index (χ3v) is 2.46. The van der Waals surface area contributed by atoms with E-state index in [0.717, 1.165) is 10.3 Å². The zero-order valence-corrected chi connectivity index (χ0v) is 11.2. The Hall–Kier alpha value is -0.878. The second-order valence-electron chi connectivity index (χ2n) is 3.54. The van der Waals surface area contributed by atoms with Crippen LogP contribution in [0.15, 0.2) is 36.4 Å². The Kier molecular flexibility index (Phi) is 5.48. The van der Waals surface area contributed by atoms with E-state index in [4.69, 9.17) is 4.74 Å². The molecular formula is C13H17CrNO. The summed E-state index contributed by atoms with van der Waals surface area (Å²) in [6.07, 6.45) is 2.01. The van der Waals surface area contributed by atoms with E-state index in [1.165, 1.54) is 5.56 Å². The van der Waals surface area contributed by atoms with Crippen LogP contribution < -0.4 is 0 Å². The second-order valence-corrected chi connectivity index (χ2v) is 4.17. The Morgan fingerprint density at radius 2 is 1.94 bits per heavy atom. The van der Waals surface area contributed by atoms with Crippen LogP contribution in [0.3, 0.4) is 0 Å². The van der Waals surface area contributed by atoms with Crippen LogP contribution in [0.5, 0.6) is 0 Å². The predicted molar refractivity (Wildman–Crippen MR) is 64.7 cm³/mol. The molecule has 1 aromatic carbocycles. The van der Waals surface area contributed by atoms with E-state index in [-0.39, 0.29) is 0 Å². The third kappa shape index (κ3) is 3.94. The number of hydrogen-bond acceptors (Lipinski definition) is 2. The first-order valence-corrected chi connectivity index (χ1v) is 5.90. The molecule has 86 valence electrons. The van der Waals surface area contributed by atoms with E-state index in [2.05, 4.69) is 32.9 Å². The van der Waals surface area contributed by atoms with E-state index in [0.29, 0.717) is 6.61 Å². The summed E-state index contributed by atoms with van der Waals surface area (Å²) in [5.74, 6) is 0. The summed E-state index contributed by atoms with van der Waals surface area (Å²) >= 11 is 2.92. The molecule has 0 aliphatic carbocycles. The van der Waals surface area contributed by atoms with Crippen molar-refractivity contribution in [3.8, 4) is 0 Å². The van der Waals surface area contributed by atoms with E-state index < -0.39 is 0 Å². The molecule has 1 aromatic rings. The average molecular weight is 255 g/mol. The third-order valence-electron chi connectivity index (χ3n) is 2.09. The van der Waals surface area contributed by atoms with Crippen molar-refractivity contribution < 1.29 is 20.6 Å². The minimum atomic E-state index is 0.675. The molecule has 0 amide bonds. The van der Waals surface area contributed by atoms with Crippen molar-refractivity contribution >= 4 is 10.3 Å². The van der Waals surface area contributed by atoms with E-state index in [1.807, 2.05) is 45.3 Å². The van der Waals surface area contributed by atoms with Gasteiger partial charge in [0, 0.05) is 0 Å². The molecule has 0 saturated heterocycles. The Bertz CT molecular complexity index is 371. The summed E-state index contributed by atoms with van der Waals surface area (Å²) in [6.45, 7) is 2.65. The molecule has 3 heteroatoms. The molecule has 0 aliphatic heterocycles. The van der Waals surface area contributed by atoms with Gasteiger partial charge in [-0.05, 0) is 0 Å². The summed E-state index contributed by atoms with van der Waals surface area (Å²) in [4.78, 5) is 2.08. The van der Waals surface area contributed by atoms with Crippen LogP contribution in [0.1, 0.15) is 12.5 Å². The van der Waals surface area contributed by atoms with Gasteiger partial charge in [0.25, 0.3) is 0 Å². The van der Waals surface area contributed by atoms with Gasteiger partial charge in [0.1, 0.15) is 0 Å². The molecule has 0 N–H and O–H groups in total. The van der Waals surface area contributed by atoms with E-state index >= 15 is 0 Å². The fourth-order valence-electron chi connectivity index (χ4n) is 1.38. The van der Waals surface area contributed by atoms with Crippen molar-refractivity contribution in [2.45, 2.75) is 6.92 Å². The van der Waals surface area contributed by atoms with Crippen LogP contribution >= 0.6 is 0 Å². The van der Waals surface area contributed by atoms with Crippen LogP contribution in [0.25, 0.3) is 5.70 Å². The van der Waals surface area contributed by atoms with Crippen molar-refractivity contribution in [1.82, 2.24) is 4.90 Å². The number of ether oxygens (including phenoxy) is 1. The van der Waals surface area contributed by atoms with Gasteiger partial charge in [-0.15, -0.1) is 0 Å². The van der Waals surface area contributed by atoms with Crippen molar-refractivity contribution in [3.63, 3.8) is 0 Å². The van der Waals surface area contributed by atoms with E-state index in [1.54, 1.807) is 0 Å². The van der Waals surface area contributed by atoms with Crippen LogP contribution in [-0.4, -0.2) is 30.2 Å². The van der Waals surface area contributed by atoms with Crippen molar-refractivity contribution in [3.05, 3.63) is 42.0 Å². The normalized spacial score (nSPS) is 11.3. The fraction of sp³-hybridized carbons (Fsp3) is 0.308. The molecule has 0 bridgehead atoms. The first-order chi connectivity index (χ1) is 7.65. The van der Waals surface area contributed by atoms with Crippen LogP contribution in [0, 0.1) is 0 Å². The number of nitrogens with zero attached hydrogens (tertiary/aromatic N) is 1. The molecular weight excluding hydrogens is 238 g/mol. The minimum absolute atomic E-state index is 0.675. The Labute approximate surface area is 105 Å². The molecule has 0 spiro atoms. The fourth-order valence-corrected chi connectivity index (χ4v) is 1.73. The molecule has 0 aromatic heterocycles. The van der Waals surface area contributed by atoms with Gasteiger partial charge in [0.2, 0.25) is 0 Å². The molecule has 2 nitrogen and oxygen atoms in total. The summed E-state index contributed by atoms with van der Waals surface area (Å²) in [6, 6.07) is 10.3.